The monoisotopic (exact) mass is 135 g/mol. The Bertz CT molecular complexity index is 118. The second-order valence-corrected chi connectivity index (χ2v) is 1.81. The van der Waals surface area contributed by atoms with Gasteiger partial charge in [0.15, 0.2) is 6.29 Å². The molecule has 0 aliphatic heterocycles. The smallest absolute Gasteiger partial charge is 0.154 e. The van der Waals surface area contributed by atoms with E-state index >= 15 is 0 Å². The molecule has 0 saturated heterocycles. The first kappa shape index (κ1) is 6.67. The van der Waals surface area contributed by atoms with Crippen LogP contribution in [0.25, 0.3) is 0 Å². The molecule has 4 heteroatoms. The van der Waals surface area contributed by atoms with Crippen molar-refractivity contribution in [3.05, 3.63) is 0 Å². The maximum atomic E-state index is 10.0. The average molecular weight is 135 g/mol. The van der Waals surface area contributed by atoms with Crippen LogP contribution in [0.15, 0.2) is 0 Å². The van der Waals surface area contributed by atoms with Gasteiger partial charge in [-0.3, -0.25) is 0 Å². The van der Waals surface area contributed by atoms with E-state index in [1.54, 1.807) is 0 Å². The summed E-state index contributed by atoms with van der Waals surface area (Å²) in [6, 6.07) is 0. The third kappa shape index (κ3) is 2.09. The van der Waals surface area contributed by atoms with Crippen LogP contribution in [0.4, 0.5) is 0 Å². The van der Waals surface area contributed by atoms with Crippen LogP contribution in [-0.4, -0.2) is 39.9 Å². The number of hydrogen-bond acceptors (Lipinski definition) is 4. The molecule has 0 aromatic carbocycles. The molecule has 0 spiro atoms. The molecule has 4 nitrogen and oxygen atoms in total. The first-order valence-corrected chi connectivity index (χ1v) is 2.37. The van der Waals surface area contributed by atoms with E-state index in [4.69, 9.17) is 16.7 Å². The second kappa shape index (κ2) is 2.91. The van der Waals surface area contributed by atoms with Gasteiger partial charge in [0.25, 0.3) is 0 Å². The van der Waals surface area contributed by atoms with Crippen LogP contribution < -0.4 is 0 Å². The summed E-state index contributed by atoms with van der Waals surface area (Å²) in [6.07, 6.45) is -1.51. The predicted molar refractivity (Wildman–Crippen MR) is 29.8 cm³/mol. The number of hydrogen-bond donors (Lipinski definition) is 3. The quantitative estimate of drug-likeness (QED) is 0.403. The molecular weight excluding hydrogens is 124 g/mol. The van der Waals surface area contributed by atoms with E-state index in [2.05, 4.69) is 0 Å². The van der Waals surface area contributed by atoms with Gasteiger partial charge in [-0.2, -0.15) is 0 Å². The van der Waals surface area contributed by atoms with E-state index in [-0.39, 0.29) is 6.29 Å². The lowest BCUT2D eigenvalue weighted by atomic mass is 10.0. The van der Waals surface area contributed by atoms with Crippen LogP contribution in [0.3, 0.4) is 0 Å². The van der Waals surface area contributed by atoms with Crippen molar-refractivity contribution in [2.75, 3.05) is 6.61 Å². The largest absolute Gasteiger partial charge is 0.394 e. The highest BCUT2D eigenvalue weighted by Gasteiger charge is 2.28. The molecule has 0 aliphatic carbocycles. The lowest BCUT2D eigenvalue weighted by molar-refractivity contribution is -0.137. The van der Waals surface area contributed by atoms with Gasteiger partial charge in [-0.15, -0.1) is 0 Å². The Morgan fingerprint density at radius 1 is 2.00 bits per heavy atom. The van der Waals surface area contributed by atoms with Gasteiger partial charge in [-0.05, 0) is 6.90 Å². The van der Waals surface area contributed by atoms with E-state index in [1.165, 1.54) is 0 Å². The van der Waals surface area contributed by atoms with E-state index < -0.39 is 25.2 Å². The maximum absolute atomic E-state index is 10.0. The van der Waals surface area contributed by atoms with Crippen LogP contribution in [0.2, 0.25) is 0 Å². The van der Waals surface area contributed by atoms with Gasteiger partial charge in [-0.1, -0.05) is 0 Å². The van der Waals surface area contributed by atoms with Crippen LogP contribution in [0.1, 0.15) is 8.27 Å². The van der Waals surface area contributed by atoms with Gasteiger partial charge < -0.3 is 20.1 Å². The van der Waals surface area contributed by atoms with E-state index in [1.807, 2.05) is 0 Å². The summed E-state index contributed by atoms with van der Waals surface area (Å²) < 4.78 is 6.64. The molecule has 3 N–H and O–H groups in total. The summed E-state index contributed by atoms with van der Waals surface area (Å²) in [5, 5.41) is 25.9. The van der Waals surface area contributed by atoms with Crippen LogP contribution in [0, 0.1) is 0 Å². The fraction of sp³-hybridized carbons (Fsp3) is 0.800. The molecule has 0 amide bonds. The van der Waals surface area contributed by atoms with Gasteiger partial charge in [-0.25, -0.2) is 0 Å². The topological polar surface area (TPSA) is 77.8 Å². The normalized spacial score (nSPS) is 21.9. The highest BCUT2D eigenvalue weighted by molar-refractivity contribution is 5.62. The van der Waals surface area contributed by atoms with Crippen molar-refractivity contribution in [2.24, 2.45) is 0 Å². The molecule has 0 heterocycles. The molecule has 0 saturated carbocycles. The number of rotatable bonds is 3. The van der Waals surface area contributed by atoms with Crippen molar-refractivity contribution in [2.45, 2.75) is 18.6 Å². The number of carbonyl (C=O) groups excluding carboxylic acids is 1. The Hall–Kier alpha value is -0.450. The van der Waals surface area contributed by atoms with Gasteiger partial charge in [0.2, 0.25) is 0 Å². The number of carbonyl (C=O) groups is 1. The highest BCUT2D eigenvalue weighted by Crippen LogP contribution is 2.04. The molecule has 0 rings (SSSR count). The summed E-state index contributed by atoms with van der Waals surface area (Å²) in [6.45, 7) is -1.38. The average Bonchev–Trinajstić information content (AvgIpc) is 2.01. The molecule has 54 valence electrons. The molecule has 0 fully saturated rings. The molecule has 9 heavy (non-hydrogen) atoms. The molecule has 0 bridgehead atoms. The SMILES string of the molecule is [2H]C[C@](O)(C=O)[C@H](O)CO. The minimum atomic E-state index is -2.12. The minimum absolute atomic E-state index is 0.0564. The van der Waals surface area contributed by atoms with Gasteiger partial charge in [0, 0.05) is 1.37 Å². The van der Waals surface area contributed by atoms with Crippen LogP contribution in [-0.2, 0) is 4.79 Å². The Labute approximate surface area is 54.1 Å². The predicted octanol–water partition coefficient (Wildman–Crippen LogP) is -1.71. The minimum Gasteiger partial charge on any atom is -0.394 e. The Kier molecular flexibility index (Phi) is 2.16. The number of aliphatic hydroxyl groups is 3. The van der Waals surface area contributed by atoms with Crippen molar-refractivity contribution in [1.82, 2.24) is 0 Å². The van der Waals surface area contributed by atoms with Gasteiger partial charge in [0.1, 0.15) is 11.7 Å². The number of aldehydes is 1. The first-order valence-electron chi connectivity index (χ1n) is 3.08. The zero-order valence-electron chi connectivity index (χ0n) is 5.82. The summed E-state index contributed by atoms with van der Waals surface area (Å²) in [4.78, 5) is 10.0. The lowest BCUT2D eigenvalue weighted by Gasteiger charge is -2.20. The summed E-state index contributed by atoms with van der Waals surface area (Å²) >= 11 is 0. The highest BCUT2D eigenvalue weighted by atomic mass is 16.4. The molecular formula is C5H10O4. The van der Waals surface area contributed by atoms with Crippen molar-refractivity contribution in [1.29, 1.82) is 0 Å². The van der Waals surface area contributed by atoms with E-state index in [0.29, 0.717) is 0 Å². The van der Waals surface area contributed by atoms with Gasteiger partial charge >= 0.3 is 0 Å². The van der Waals surface area contributed by atoms with Crippen LogP contribution >= 0.6 is 0 Å². The van der Waals surface area contributed by atoms with E-state index in [0.717, 1.165) is 0 Å². The van der Waals surface area contributed by atoms with Crippen molar-refractivity contribution < 1.29 is 21.5 Å². The Morgan fingerprint density at radius 3 is 2.67 bits per heavy atom. The van der Waals surface area contributed by atoms with Crippen molar-refractivity contribution >= 4 is 6.29 Å². The zero-order chi connectivity index (χ0) is 8.20. The molecule has 0 aliphatic rings. The maximum Gasteiger partial charge on any atom is 0.154 e. The molecule has 0 aromatic rings. The lowest BCUT2D eigenvalue weighted by Crippen LogP contribution is -2.42. The molecule has 2 atom stereocenters. The third-order valence-corrected chi connectivity index (χ3v) is 0.954. The Morgan fingerprint density at radius 2 is 2.56 bits per heavy atom. The van der Waals surface area contributed by atoms with Gasteiger partial charge in [0.05, 0.1) is 6.61 Å². The summed E-state index contributed by atoms with van der Waals surface area (Å²) in [5.74, 6) is 0. The van der Waals surface area contributed by atoms with Crippen molar-refractivity contribution in [3.63, 3.8) is 0 Å². The van der Waals surface area contributed by atoms with Crippen LogP contribution in [0.5, 0.6) is 0 Å². The molecule has 0 unspecified atom stereocenters. The zero-order valence-corrected chi connectivity index (χ0v) is 4.82. The number of aliphatic hydroxyl groups excluding tert-OH is 2. The standard InChI is InChI=1S/C5H10O4/c1-5(9,3-7)4(8)2-6/h3-4,6,8-9H,2H2,1H3/t4-,5+/m1/s1/i1D. The Balaban J connectivity index is 4.16. The first-order chi connectivity index (χ1) is 4.60. The summed E-state index contributed by atoms with van der Waals surface area (Å²) in [5.41, 5.74) is -2.12. The van der Waals surface area contributed by atoms with Crippen molar-refractivity contribution in [3.8, 4) is 0 Å². The fourth-order valence-corrected chi connectivity index (χ4v) is 0.237. The third-order valence-electron chi connectivity index (χ3n) is 0.954. The molecule has 0 radical (unpaired) electrons. The van der Waals surface area contributed by atoms with E-state index in [9.17, 15) is 4.79 Å². The fourth-order valence-electron chi connectivity index (χ4n) is 0.237. The second-order valence-electron chi connectivity index (χ2n) is 1.81. The molecule has 0 aromatic heterocycles. The summed E-state index contributed by atoms with van der Waals surface area (Å²) in [7, 11) is 0.